The van der Waals surface area contributed by atoms with Gasteiger partial charge in [0.15, 0.2) is 5.69 Å². The lowest BCUT2D eigenvalue weighted by atomic mass is 9.74. The van der Waals surface area contributed by atoms with Crippen LogP contribution in [0.3, 0.4) is 0 Å². The largest absolute Gasteiger partial charge is 0.355 e. The summed E-state index contributed by atoms with van der Waals surface area (Å²) in [5.41, 5.74) is 0.793. The minimum absolute atomic E-state index is 0.384. The number of nitrogens with one attached hydrogen (secondary N) is 1. The number of nitriles is 1. The molecular weight excluding hydrogens is 238 g/mol. The molecule has 2 aliphatic heterocycles. The van der Waals surface area contributed by atoms with Crippen molar-refractivity contribution < 1.29 is 0 Å². The van der Waals surface area contributed by atoms with Gasteiger partial charge in [-0.1, -0.05) is 0 Å². The summed E-state index contributed by atoms with van der Waals surface area (Å²) in [7, 11) is 0. The smallest absolute Gasteiger partial charge is 0.158 e. The Hall–Kier alpha value is -1.67. The van der Waals surface area contributed by atoms with E-state index in [9.17, 15) is 0 Å². The molecule has 3 heterocycles. The van der Waals surface area contributed by atoms with Gasteiger partial charge >= 0.3 is 0 Å². The van der Waals surface area contributed by atoms with Crippen molar-refractivity contribution in [2.45, 2.75) is 25.7 Å². The Bertz CT molecular complexity index is 464. The van der Waals surface area contributed by atoms with E-state index < -0.39 is 0 Å². The van der Waals surface area contributed by atoms with E-state index in [1.165, 1.54) is 25.7 Å². The summed E-state index contributed by atoms with van der Waals surface area (Å²) in [6.07, 6.45) is 8.39. The molecule has 1 spiro atoms. The number of hydrogen-bond acceptors (Lipinski definition) is 5. The predicted molar refractivity (Wildman–Crippen MR) is 72.7 cm³/mol. The zero-order chi connectivity index (χ0) is 13.1. The van der Waals surface area contributed by atoms with Crippen LogP contribution in [0.4, 0.5) is 5.82 Å². The van der Waals surface area contributed by atoms with Crippen LogP contribution < -0.4 is 10.2 Å². The highest BCUT2D eigenvalue weighted by Gasteiger charge is 2.36. The van der Waals surface area contributed by atoms with Crippen molar-refractivity contribution in [3.8, 4) is 6.07 Å². The van der Waals surface area contributed by atoms with Crippen molar-refractivity contribution in [1.82, 2.24) is 15.3 Å². The molecule has 0 bridgehead atoms. The van der Waals surface area contributed by atoms with Crippen LogP contribution in [0.15, 0.2) is 12.4 Å². The standard InChI is InChI=1S/C14H19N5/c15-7-12-8-18-13(9-17-12)19-6-2-4-14(11-19)3-1-5-16-10-14/h8-9,16H,1-6,10-11H2. The molecule has 0 amide bonds. The van der Waals surface area contributed by atoms with Crippen LogP contribution in [0.1, 0.15) is 31.4 Å². The number of hydrogen-bond donors (Lipinski definition) is 1. The SMILES string of the molecule is N#Cc1cnc(N2CCCC3(CCCNC3)C2)cn1. The van der Waals surface area contributed by atoms with Gasteiger partial charge < -0.3 is 10.2 Å². The average molecular weight is 257 g/mol. The Morgan fingerprint density at radius 2 is 2.16 bits per heavy atom. The van der Waals surface area contributed by atoms with Crippen LogP contribution in [0.25, 0.3) is 0 Å². The average Bonchev–Trinajstić information content (AvgIpc) is 2.48. The van der Waals surface area contributed by atoms with Gasteiger partial charge in [0.05, 0.1) is 12.4 Å². The number of anilines is 1. The van der Waals surface area contributed by atoms with E-state index in [-0.39, 0.29) is 0 Å². The van der Waals surface area contributed by atoms with Gasteiger partial charge in [0.1, 0.15) is 11.9 Å². The maximum Gasteiger partial charge on any atom is 0.158 e. The third-order valence-corrected chi connectivity index (χ3v) is 4.30. The molecule has 1 unspecified atom stereocenters. The lowest BCUT2D eigenvalue weighted by Crippen LogP contribution is -2.51. The van der Waals surface area contributed by atoms with E-state index in [0.29, 0.717) is 11.1 Å². The third-order valence-electron chi connectivity index (χ3n) is 4.30. The van der Waals surface area contributed by atoms with Crippen molar-refractivity contribution in [2.75, 3.05) is 31.1 Å². The Balaban J connectivity index is 1.75. The van der Waals surface area contributed by atoms with Crippen molar-refractivity contribution >= 4 is 5.82 Å². The summed E-state index contributed by atoms with van der Waals surface area (Å²) in [6.45, 7) is 4.37. The Morgan fingerprint density at radius 1 is 1.26 bits per heavy atom. The van der Waals surface area contributed by atoms with E-state index in [1.807, 2.05) is 6.07 Å². The zero-order valence-corrected chi connectivity index (χ0v) is 11.1. The topological polar surface area (TPSA) is 64.8 Å². The highest BCUT2D eigenvalue weighted by Crippen LogP contribution is 2.36. The number of aromatic nitrogens is 2. The van der Waals surface area contributed by atoms with Gasteiger partial charge in [-0.2, -0.15) is 5.26 Å². The fraction of sp³-hybridized carbons (Fsp3) is 0.643. The van der Waals surface area contributed by atoms with Crippen LogP contribution in [0.2, 0.25) is 0 Å². The number of nitrogens with zero attached hydrogens (tertiary/aromatic N) is 4. The highest BCUT2D eigenvalue weighted by atomic mass is 15.2. The molecule has 5 nitrogen and oxygen atoms in total. The molecule has 0 saturated carbocycles. The lowest BCUT2D eigenvalue weighted by Gasteiger charge is -2.45. The summed E-state index contributed by atoms with van der Waals surface area (Å²) in [5, 5.41) is 12.3. The van der Waals surface area contributed by atoms with Crippen molar-refractivity contribution in [1.29, 1.82) is 5.26 Å². The molecule has 0 aliphatic carbocycles. The second-order valence-electron chi connectivity index (χ2n) is 5.68. The third kappa shape index (κ3) is 2.54. The molecular formula is C14H19N5. The van der Waals surface area contributed by atoms with Gasteiger partial charge in [-0.25, -0.2) is 9.97 Å². The minimum Gasteiger partial charge on any atom is -0.355 e. The van der Waals surface area contributed by atoms with Crippen LogP contribution in [-0.4, -0.2) is 36.1 Å². The van der Waals surface area contributed by atoms with Crippen molar-refractivity contribution in [2.24, 2.45) is 5.41 Å². The molecule has 2 saturated heterocycles. The van der Waals surface area contributed by atoms with E-state index >= 15 is 0 Å². The van der Waals surface area contributed by atoms with Gasteiger partial charge in [0, 0.05) is 25.0 Å². The van der Waals surface area contributed by atoms with Gasteiger partial charge in [-0.05, 0) is 32.2 Å². The fourth-order valence-electron chi connectivity index (χ4n) is 3.32. The molecule has 3 rings (SSSR count). The molecule has 100 valence electrons. The summed E-state index contributed by atoms with van der Waals surface area (Å²) < 4.78 is 0. The first-order chi connectivity index (χ1) is 9.31. The quantitative estimate of drug-likeness (QED) is 0.822. The lowest BCUT2D eigenvalue weighted by molar-refractivity contribution is 0.173. The van der Waals surface area contributed by atoms with Gasteiger partial charge in [0.25, 0.3) is 0 Å². The van der Waals surface area contributed by atoms with Crippen molar-refractivity contribution in [3.63, 3.8) is 0 Å². The number of rotatable bonds is 1. The predicted octanol–water partition coefficient (Wildman–Crippen LogP) is 1.32. The normalized spacial score (nSPS) is 27.2. The van der Waals surface area contributed by atoms with E-state index in [0.717, 1.165) is 32.0 Å². The molecule has 19 heavy (non-hydrogen) atoms. The molecule has 2 fully saturated rings. The molecule has 1 atom stereocenters. The molecule has 1 aromatic heterocycles. The van der Waals surface area contributed by atoms with Crippen molar-refractivity contribution in [3.05, 3.63) is 18.1 Å². The molecule has 0 aromatic carbocycles. The number of piperidine rings is 2. The summed E-state index contributed by atoms with van der Waals surface area (Å²) in [6, 6.07) is 2.01. The summed E-state index contributed by atoms with van der Waals surface area (Å²) >= 11 is 0. The summed E-state index contributed by atoms with van der Waals surface area (Å²) in [4.78, 5) is 10.8. The van der Waals surface area contributed by atoms with Gasteiger partial charge in [-0.15, -0.1) is 0 Å². The summed E-state index contributed by atoms with van der Waals surface area (Å²) in [5.74, 6) is 0.906. The second kappa shape index (κ2) is 5.14. The molecule has 0 radical (unpaired) electrons. The maximum absolute atomic E-state index is 8.76. The maximum atomic E-state index is 8.76. The Morgan fingerprint density at radius 3 is 2.84 bits per heavy atom. The minimum atomic E-state index is 0.384. The van der Waals surface area contributed by atoms with Crippen LogP contribution in [0.5, 0.6) is 0 Å². The first kappa shape index (κ1) is 12.4. The first-order valence-electron chi connectivity index (χ1n) is 6.99. The Kier molecular flexibility index (Phi) is 3.34. The van der Waals surface area contributed by atoms with Gasteiger partial charge in [0.2, 0.25) is 0 Å². The monoisotopic (exact) mass is 257 g/mol. The molecule has 5 heteroatoms. The van der Waals surface area contributed by atoms with E-state index in [4.69, 9.17) is 5.26 Å². The molecule has 1 aromatic rings. The van der Waals surface area contributed by atoms with E-state index in [2.05, 4.69) is 20.2 Å². The van der Waals surface area contributed by atoms with Crippen LogP contribution >= 0.6 is 0 Å². The molecule has 1 N–H and O–H groups in total. The first-order valence-corrected chi connectivity index (χ1v) is 6.99. The molecule has 2 aliphatic rings. The zero-order valence-electron chi connectivity index (χ0n) is 11.1. The Labute approximate surface area is 113 Å². The second-order valence-corrected chi connectivity index (χ2v) is 5.68. The van der Waals surface area contributed by atoms with E-state index in [1.54, 1.807) is 12.4 Å². The van der Waals surface area contributed by atoms with Crippen LogP contribution in [-0.2, 0) is 0 Å². The highest BCUT2D eigenvalue weighted by molar-refractivity contribution is 5.38. The fourth-order valence-corrected chi connectivity index (χ4v) is 3.32. The van der Waals surface area contributed by atoms with Crippen LogP contribution in [0, 0.1) is 16.7 Å². The van der Waals surface area contributed by atoms with Gasteiger partial charge in [-0.3, -0.25) is 0 Å².